The number of phenols is 2. The van der Waals surface area contributed by atoms with Crippen LogP contribution in [0.3, 0.4) is 0 Å². The first-order valence-corrected chi connectivity index (χ1v) is 10.1. The van der Waals surface area contributed by atoms with Crippen LogP contribution in [0.1, 0.15) is 12.5 Å². The number of carbonyl (C=O) groups is 1. The van der Waals surface area contributed by atoms with Crippen LogP contribution in [0, 0.1) is 4.91 Å². The third kappa shape index (κ3) is 4.31. The molecule has 0 bridgehead atoms. The number of carbonyl (C=O) groups excluding carboxylic acids is 1. The molecule has 31 heavy (non-hydrogen) atoms. The van der Waals surface area contributed by atoms with Gasteiger partial charge in [-0.2, -0.15) is 0 Å². The first kappa shape index (κ1) is 20.3. The van der Waals surface area contributed by atoms with E-state index >= 15 is 0 Å². The summed E-state index contributed by atoms with van der Waals surface area (Å²) in [6, 6.07) is 19.0. The average Bonchev–Trinajstić information content (AvgIpc) is 3.12. The minimum Gasteiger partial charge on any atom is -0.508 e. The quantitative estimate of drug-likeness (QED) is 0.279. The molecule has 0 saturated carbocycles. The average molecular weight is 431 g/mol. The van der Waals surface area contributed by atoms with Crippen molar-refractivity contribution >= 4 is 33.4 Å². The second-order valence-corrected chi connectivity index (χ2v) is 7.93. The Bertz CT molecular complexity index is 1300. The number of ether oxygens (including phenoxy) is 1. The number of thiophene rings is 1. The number of aromatic hydroxyl groups is 2. The second kappa shape index (κ2) is 8.41. The van der Waals surface area contributed by atoms with Gasteiger partial charge in [0, 0.05) is 20.8 Å². The fourth-order valence-electron chi connectivity index (χ4n) is 3.10. The van der Waals surface area contributed by atoms with Gasteiger partial charge < -0.3 is 14.9 Å². The summed E-state index contributed by atoms with van der Waals surface area (Å²) in [7, 11) is 0. The Morgan fingerprint density at radius 3 is 2.32 bits per heavy atom. The van der Waals surface area contributed by atoms with Crippen molar-refractivity contribution in [3.8, 4) is 33.4 Å². The molecule has 0 fully saturated rings. The van der Waals surface area contributed by atoms with Crippen LogP contribution in [-0.4, -0.2) is 16.1 Å². The van der Waals surface area contributed by atoms with E-state index < -0.39 is 5.91 Å². The van der Waals surface area contributed by atoms with Gasteiger partial charge in [-0.05, 0) is 78.7 Å². The summed E-state index contributed by atoms with van der Waals surface area (Å²) in [6.45, 7) is 1.53. The molecule has 0 saturated heterocycles. The number of fused-ring (bicyclic) bond motifs is 1. The minimum absolute atomic E-state index is 0.170. The highest BCUT2D eigenvalue weighted by molar-refractivity contribution is 7.22. The van der Waals surface area contributed by atoms with Gasteiger partial charge in [0.1, 0.15) is 17.2 Å². The first-order valence-electron chi connectivity index (χ1n) is 9.33. The number of phenolic OH excluding ortho intramolecular Hbond substituents is 2. The lowest BCUT2D eigenvalue weighted by molar-refractivity contribution is -0.114. The molecule has 0 aliphatic heterocycles. The molecule has 1 heterocycles. The second-order valence-electron chi connectivity index (χ2n) is 6.88. The summed E-state index contributed by atoms with van der Waals surface area (Å²) >= 11 is 1.48. The highest BCUT2D eigenvalue weighted by Gasteiger charge is 2.17. The van der Waals surface area contributed by atoms with Crippen molar-refractivity contribution in [2.24, 2.45) is 5.18 Å². The Kier molecular flexibility index (Phi) is 5.51. The van der Waals surface area contributed by atoms with Crippen molar-refractivity contribution in [1.82, 2.24) is 0 Å². The molecule has 0 atom stereocenters. The van der Waals surface area contributed by atoms with Crippen molar-refractivity contribution in [2.75, 3.05) is 0 Å². The molecule has 7 heteroatoms. The molecule has 4 aromatic rings. The lowest BCUT2D eigenvalue weighted by Gasteiger charge is -2.09. The van der Waals surface area contributed by atoms with Crippen molar-refractivity contribution in [3.63, 3.8) is 0 Å². The molecule has 3 aromatic carbocycles. The topological polar surface area (TPSA) is 96.2 Å². The number of amides is 1. The van der Waals surface area contributed by atoms with Gasteiger partial charge >= 0.3 is 5.91 Å². The largest absolute Gasteiger partial charge is 0.508 e. The fourth-order valence-corrected chi connectivity index (χ4v) is 4.27. The van der Waals surface area contributed by atoms with Crippen LogP contribution in [0.2, 0.25) is 0 Å². The van der Waals surface area contributed by atoms with Crippen LogP contribution in [0.15, 0.2) is 77.5 Å². The van der Waals surface area contributed by atoms with E-state index in [-0.39, 0.29) is 17.1 Å². The van der Waals surface area contributed by atoms with Crippen LogP contribution >= 0.6 is 11.3 Å². The Morgan fingerprint density at radius 1 is 0.968 bits per heavy atom. The molecule has 6 nitrogen and oxygen atoms in total. The Hall–Kier alpha value is -3.97. The monoisotopic (exact) mass is 431 g/mol. The number of benzene rings is 3. The molecule has 2 N–H and O–H groups in total. The third-order valence-electron chi connectivity index (χ3n) is 4.66. The predicted octanol–water partition coefficient (Wildman–Crippen LogP) is 6.47. The summed E-state index contributed by atoms with van der Waals surface area (Å²) in [6.07, 6.45) is 1.58. The SMILES string of the molecule is C/C(=C\c1ccc(Oc2c(-c3ccc(O)cc3)sc3cc(O)ccc23)cc1)C(=O)N=O. The summed E-state index contributed by atoms with van der Waals surface area (Å²) in [5, 5.41) is 22.7. The minimum atomic E-state index is -0.799. The fraction of sp³-hybridized carbons (Fsp3) is 0.0417. The molecule has 0 radical (unpaired) electrons. The van der Waals surface area contributed by atoms with Crippen LogP contribution in [-0.2, 0) is 4.79 Å². The van der Waals surface area contributed by atoms with E-state index in [0.29, 0.717) is 11.5 Å². The Balaban J connectivity index is 1.72. The van der Waals surface area contributed by atoms with Crippen molar-refractivity contribution < 1.29 is 19.7 Å². The number of hydrogen-bond acceptors (Lipinski definition) is 6. The lowest BCUT2D eigenvalue weighted by atomic mass is 10.1. The molecule has 0 spiro atoms. The highest BCUT2D eigenvalue weighted by atomic mass is 32.1. The normalized spacial score (nSPS) is 11.5. The third-order valence-corrected chi connectivity index (χ3v) is 5.84. The number of hydrogen-bond donors (Lipinski definition) is 2. The number of nitrogens with zero attached hydrogens (tertiary/aromatic N) is 1. The summed E-state index contributed by atoms with van der Waals surface area (Å²) < 4.78 is 7.09. The highest BCUT2D eigenvalue weighted by Crippen LogP contribution is 2.47. The maximum absolute atomic E-state index is 11.3. The molecular formula is C24H17NO5S. The molecule has 4 rings (SSSR count). The van der Waals surface area contributed by atoms with Gasteiger partial charge in [-0.15, -0.1) is 16.2 Å². The molecular weight excluding hydrogens is 414 g/mol. The Morgan fingerprint density at radius 2 is 1.65 bits per heavy atom. The van der Waals surface area contributed by atoms with E-state index in [0.717, 1.165) is 26.1 Å². The molecule has 0 aliphatic carbocycles. The zero-order chi connectivity index (χ0) is 22.0. The molecule has 1 amide bonds. The van der Waals surface area contributed by atoms with Crippen LogP contribution in [0.5, 0.6) is 23.0 Å². The summed E-state index contributed by atoms with van der Waals surface area (Å²) in [5.41, 5.74) is 1.87. The molecule has 1 aromatic heterocycles. The van der Waals surface area contributed by atoms with Crippen molar-refractivity contribution in [3.05, 3.63) is 82.8 Å². The molecule has 0 unspecified atom stereocenters. The van der Waals surface area contributed by atoms with Gasteiger partial charge in [0.05, 0.1) is 4.88 Å². The number of rotatable bonds is 5. The van der Waals surface area contributed by atoms with Crippen LogP contribution in [0.4, 0.5) is 0 Å². The zero-order valence-corrected chi connectivity index (χ0v) is 17.2. The van der Waals surface area contributed by atoms with Gasteiger partial charge in [0.2, 0.25) is 0 Å². The standard InChI is InChI=1S/C24H17NO5S/c1-14(24(28)25-29)12-15-2-9-19(10-3-15)30-22-20-11-8-18(27)13-21(20)31-23(22)16-4-6-17(26)7-5-16/h2-13,26-27H,1H3/b14-12+. The first-order chi connectivity index (χ1) is 14.9. The van der Waals surface area contributed by atoms with E-state index in [1.807, 2.05) is 12.1 Å². The van der Waals surface area contributed by atoms with Gasteiger partial charge in [-0.3, -0.25) is 4.79 Å². The lowest BCUT2D eigenvalue weighted by Crippen LogP contribution is -1.92. The smallest absolute Gasteiger partial charge is 0.312 e. The zero-order valence-electron chi connectivity index (χ0n) is 16.4. The Labute approximate surface area is 181 Å². The number of nitroso groups, excluding NO2 is 1. The van der Waals surface area contributed by atoms with E-state index in [1.54, 1.807) is 60.7 Å². The van der Waals surface area contributed by atoms with Gasteiger partial charge in [0.15, 0.2) is 5.75 Å². The van der Waals surface area contributed by atoms with E-state index in [2.05, 4.69) is 5.18 Å². The molecule has 154 valence electrons. The van der Waals surface area contributed by atoms with E-state index in [4.69, 9.17) is 4.74 Å². The maximum Gasteiger partial charge on any atom is 0.312 e. The summed E-state index contributed by atoms with van der Waals surface area (Å²) in [4.78, 5) is 22.6. The van der Waals surface area contributed by atoms with E-state index in [1.165, 1.54) is 18.3 Å². The van der Waals surface area contributed by atoms with Gasteiger partial charge in [-0.1, -0.05) is 12.1 Å². The van der Waals surface area contributed by atoms with Gasteiger partial charge in [0.25, 0.3) is 0 Å². The van der Waals surface area contributed by atoms with Crippen molar-refractivity contribution in [2.45, 2.75) is 6.92 Å². The summed E-state index contributed by atoms with van der Waals surface area (Å²) in [5.74, 6) is 0.774. The molecule has 0 aliphatic rings. The van der Waals surface area contributed by atoms with Crippen LogP contribution in [0.25, 0.3) is 26.6 Å². The van der Waals surface area contributed by atoms with Gasteiger partial charge in [-0.25, -0.2) is 0 Å². The predicted molar refractivity (Wildman–Crippen MR) is 122 cm³/mol. The van der Waals surface area contributed by atoms with Crippen molar-refractivity contribution in [1.29, 1.82) is 0 Å². The maximum atomic E-state index is 11.3. The van der Waals surface area contributed by atoms with E-state index in [9.17, 15) is 19.9 Å². The van der Waals surface area contributed by atoms with Crippen LogP contribution < -0.4 is 4.74 Å².